The molecule has 0 atom stereocenters. The molecule has 1 aromatic carbocycles. The lowest BCUT2D eigenvalue weighted by atomic mass is 10.2. The second-order valence-electron chi connectivity index (χ2n) is 3.72. The van der Waals surface area contributed by atoms with Crippen molar-refractivity contribution in [2.24, 2.45) is 0 Å². The molecule has 6 heteroatoms. The normalized spacial score (nSPS) is 10.8. The third kappa shape index (κ3) is 2.68. The van der Waals surface area contributed by atoms with Crippen LogP contribution in [0.25, 0.3) is 11.4 Å². The Morgan fingerprint density at radius 3 is 2.61 bits per heavy atom. The van der Waals surface area contributed by atoms with Gasteiger partial charge in [-0.1, -0.05) is 0 Å². The van der Waals surface area contributed by atoms with Crippen molar-refractivity contribution in [2.75, 3.05) is 13.7 Å². The average molecular weight is 270 g/mol. The van der Waals surface area contributed by atoms with Crippen molar-refractivity contribution in [1.29, 1.82) is 0 Å². The smallest absolute Gasteiger partial charge is 0.164 e. The van der Waals surface area contributed by atoms with Gasteiger partial charge in [-0.05, 0) is 24.3 Å². The van der Waals surface area contributed by atoms with E-state index >= 15 is 0 Å². The quantitative estimate of drug-likeness (QED) is 0.783. The van der Waals surface area contributed by atoms with Crippen molar-refractivity contribution in [1.82, 2.24) is 14.8 Å². The molecule has 4 nitrogen and oxygen atoms in total. The first-order chi connectivity index (χ1) is 8.76. The number of rotatable bonds is 5. The standard InChI is InChI=1S/C12H13ClFN3O/c1-18-7-6-17-11(8-13)15-16-12(17)9-2-4-10(14)5-3-9/h2-5H,6-8H2,1H3. The van der Waals surface area contributed by atoms with Crippen LogP contribution in [-0.2, 0) is 17.2 Å². The van der Waals surface area contributed by atoms with Crippen LogP contribution < -0.4 is 0 Å². The van der Waals surface area contributed by atoms with Crippen molar-refractivity contribution in [3.8, 4) is 11.4 Å². The molecule has 0 fully saturated rings. The first-order valence-electron chi connectivity index (χ1n) is 5.49. The summed E-state index contributed by atoms with van der Waals surface area (Å²) in [5.41, 5.74) is 0.802. The molecule has 0 radical (unpaired) electrons. The molecule has 18 heavy (non-hydrogen) atoms. The Balaban J connectivity index is 2.37. The Hall–Kier alpha value is -1.46. The van der Waals surface area contributed by atoms with E-state index in [2.05, 4.69) is 10.2 Å². The number of alkyl halides is 1. The van der Waals surface area contributed by atoms with Crippen molar-refractivity contribution in [2.45, 2.75) is 12.4 Å². The van der Waals surface area contributed by atoms with E-state index in [1.807, 2.05) is 4.57 Å². The van der Waals surface area contributed by atoms with E-state index in [-0.39, 0.29) is 11.7 Å². The second kappa shape index (κ2) is 5.93. The molecule has 0 unspecified atom stereocenters. The van der Waals surface area contributed by atoms with E-state index in [1.165, 1.54) is 12.1 Å². The molecule has 2 aromatic rings. The molecule has 0 saturated carbocycles. The summed E-state index contributed by atoms with van der Waals surface area (Å²) in [7, 11) is 1.63. The molecule has 96 valence electrons. The van der Waals surface area contributed by atoms with Crippen LogP contribution in [0.15, 0.2) is 24.3 Å². The Bertz CT molecular complexity index is 513. The van der Waals surface area contributed by atoms with Crippen molar-refractivity contribution < 1.29 is 9.13 Å². The largest absolute Gasteiger partial charge is 0.383 e. The highest BCUT2D eigenvalue weighted by atomic mass is 35.5. The molecule has 0 N–H and O–H groups in total. The Labute approximate surface area is 109 Å². The molecule has 0 aliphatic carbocycles. The van der Waals surface area contributed by atoms with Gasteiger partial charge in [0, 0.05) is 19.2 Å². The molecule has 1 aromatic heterocycles. The maximum Gasteiger partial charge on any atom is 0.164 e. The maximum absolute atomic E-state index is 12.9. The SMILES string of the molecule is COCCn1c(CCl)nnc1-c1ccc(F)cc1. The number of benzene rings is 1. The Kier molecular flexibility index (Phi) is 4.28. The summed E-state index contributed by atoms with van der Waals surface area (Å²) in [6.45, 7) is 1.15. The summed E-state index contributed by atoms with van der Waals surface area (Å²) < 4.78 is 19.8. The summed E-state index contributed by atoms with van der Waals surface area (Å²) in [5, 5.41) is 8.11. The van der Waals surface area contributed by atoms with Gasteiger partial charge in [-0.15, -0.1) is 21.8 Å². The summed E-state index contributed by atoms with van der Waals surface area (Å²) in [6.07, 6.45) is 0. The van der Waals surface area contributed by atoms with Crippen LogP contribution >= 0.6 is 11.6 Å². The summed E-state index contributed by atoms with van der Waals surface area (Å²) in [4.78, 5) is 0. The molecule has 2 rings (SSSR count). The predicted octanol–water partition coefficient (Wildman–Crippen LogP) is 2.47. The van der Waals surface area contributed by atoms with Gasteiger partial charge in [0.1, 0.15) is 11.6 Å². The molecular formula is C12H13ClFN3O. The van der Waals surface area contributed by atoms with Crippen LogP contribution in [0, 0.1) is 5.82 Å². The van der Waals surface area contributed by atoms with Crippen LogP contribution in [0.4, 0.5) is 4.39 Å². The Morgan fingerprint density at radius 1 is 1.28 bits per heavy atom. The average Bonchev–Trinajstić information content (AvgIpc) is 2.80. The monoisotopic (exact) mass is 269 g/mol. The lowest BCUT2D eigenvalue weighted by Crippen LogP contribution is -2.09. The van der Waals surface area contributed by atoms with E-state index < -0.39 is 0 Å². The van der Waals surface area contributed by atoms with Crippen molar-refractivity contribution >= 4 is 11.6 Å². The third-order valence-electron chi connectivity index (χ3n) is 2.57. The molecule has 0 saturated heterocycles. The number of nitrogens with zero attached hydrogens (tertiary/aromatic N) is 3. The lowest BCUT2D eigenvalue weighted by Gasteiger charge is -2.08. The number of hydrogen-bond donors (Lipinski definition) is 0. The van der Waals surface area contributed by atoms with Crippen LogP contribution in [0.2, 0.25) is 0 Å². The van der Waals surface area contributed by atoms with E-state index in [0.717, 1.165) is 5.56 Å². The Morgan fingerprint density at radius 2 is 2.00 bits per heavy atom. The van der Waals surface area contributed by atoms with Gasteiger partial charge >= 0.3 is 0 Å². The minimum absolute atomic E-state index is 0.276. The van der Waals surface area contributed by atoms with Gasteiger partial charge in [-0.25, -0.2) is 4.39 Å². The molecular weight excluding hydrogens is 257 g/mol. The fourth-order valence-electron chi connectivity index (χ4n) is 1.66. The van der Waals surface area contributed by atoms with Crippen LogP contribution in [0.1, 0.15) is 5.82 Å². The summed E-state index contributed by atoms with van der Waals surface area (Å²) in [5.74, 6) is 1.34. The third-order valence-corrected chi connectivity index (χ3v) is 2.81. The predicted molar refractivity (Wildman–Crippen MR) is 66.8 cm³/mol. The fourth-order valence-corrected chi connectivity index (χ4v) is 1.86. The molecule has 0 amide bonds. The van der Waals surface area contributed by atoms with Gasteiger partial charge in [0.25, 0.3) is 0 Å². The number of methoxy groups -OCH3 is 1. The van der Waals surface area contributed by atoms with E-state index in [0.29, 0.717) is 24.8 Å². The van der Waals surface area contributed by atoms with Crippen LogP contribution in [0.5, 0.6) is 0 Å². The number of aromatic nitrogens is 3. The molecule has 0 aliphatic rings. The zero-order valence-electron chi connectivity index (χ0n) is 9.94. The van der Waals surface area contributed by atoms with Crippen molar-refractivity contribution in [3.63, 3.8) is 0 Å². The molecule has 1 heterocycles. The highest BCUT2D eigenvalue weighted by Crippen LogP contribution is 2.19. The van der Waals surface area contributed by atoms with Gasteiger partial charge in [0.05, 0.1) is 12.5 Å². The van der Waals surface area contributed by atoms with Gasteiger partial charge in [0.15, 0.2) is 5.82 Å². The van der Waals surface area contributed by atoms with Crippen LogP contribution in [0.3, 0.4) is 0 Å². The highest BCUT2D eigenvalue weighted by Gasteiger charge is 2.12. The van der Waals surface area contributed by atoms with E-state index in [4.69, 9.17) is 16.3 Å². The minimum Gasteiger partial charge on any atom is -0.383 e. The van der Waals surface area contributed by atoms with Crippen molar-refractivity contribution in [3.05, 3.63) is 35.9 Å². The highest BCUT2D eigenvalue weighted by molar-refractivity contribution is 6.16. The summed E-state index contributed by atoms with van der Waals surface area (Å²) in [6, 6.07) is 6.12. The number of hydrogen-bond acceptors (Lipinski definition) is 3. The minimum atomic E-state index is -0.278. The topological polar surface area (TPSA) is 39.9 Å². The zero-order valence-corrected chi connectivity index (χ0v) is 10.7. The zero-order chi connectivity index (χ0) is 13.0. The van der Waals surface area contributed by atoms with Gasteiger partial charge < -0.3 is 9.30 Å². The van der Waals surface area contributed by atoms with E-state index in [9.17, 15) is 4.39 Å². The number of halogens is 2. The number of ether oxygens (including phenoxy) is 1. The molecule has 0 bridgehead atoms. The second-order valence-corrected chi connectivity index (χ2v) is 3.99. The fraction of sp³-hybridized carbons (Fsp3) is 0.333. The first-order valence-corrected chi connectivity index (χ1v) is 6.02. The lowest BCUT2D eigenvalue weighted by molar-refractivity contribution is 0.187. The molecule has 0 spiro atoms. The van der Waals surface area contributed by atoms with Gasteiger partial charge in [-0.2, -0.15) is 0 Å². The first kappa shape index (κ1) is 13.0. The van der Waals surface area contributed by atoms with E-state index in [1.54, 1.807) is 19.2 Å². The maximum atomic E-state index is 12.9. The molecule has 0 aliphatic heterocycles. The van der Waals surface area contributed by atoms with Gasteiger partial charge in [-0.3, -0.25) is 0 Å². The summed E-state index contributed by atoms with van der Waals surface area (Å²) >= 11 is 5.81. The van der Waals surface area contributed by atoms with Crippen LogP contribution in [-0.4, -0.2) is 28.5 Å². The van der Waals surface area contributed by atoms with Gasteiger partial charge in [0.2, 0.25) is 0 Å².